The summed E-state index contributed by atoms with van der Waals surface area (Å²) >= 11 is 0. The van der Waals surface area contributed by atoms with Crippen molar-refractivity contribution in [1.29, 1.82) is 0 Å². The number of hydrogen-bond acceptors (Lipinski definition) is 4. The van der Waals surface area contributed by atoms with Crippen LogP contribution in [0.3, 0.4) is 0 Å². The minimum Gasteiger partial charge on any atom is -0.478 e. The number of aliphatic carboxylic acids is 1. The highest BCUT2D eigenvalue weighted by Gasteiger charge is 2.48. The molecule has 2 saturated heterocycles. The Bertz CT molecular complexity index is 578. The maximum Gasteiger partial charge on any atom is 0.327 e. The van der Waals surface area contributed by atoms with Gasteiger partial charge < -0.3 is 20.5 Å². The van der Waals surface area contributed by atoms with Gasteiger partial charge in [-0.3, -0.25) is 9.59 Å². The van der Waals surface area contributed by atoms with E-state index in [9.17, 15) is 14.4 Å². The zero-order valence-corrected chi connectivity index (χ0v) is 17.5. The van der Waals surface area contributed by atoms with Crippen molar-refractivity contribution in [3.05, 3.63) is 12.2 Å². The number of ether oxygens (including phenoxy) is 1. The van der Waals surface area contributed by atoms with E-state index in [0.29, 0.717) is 24.8 Å². The molecule has 0 aromatic heterocycles. The average Bonchev–Trinajstić information content (AvgIpc) is 3.29. The van der Waals surface area contributed by atoms with Crippen molar-refractivity contribution >= 4 is 17.8 Å². The van der Waals surface area contributed by atoms with Crippen LogP contribution in [-0.2, 0) is 19.1 Å². The highest BCUT2D eigenvalue weighted by atomic mass is 16.5. The summed E-state index contributed by atoms with van der Waals surface area (Å²) < 4.78 is 6.08. The summed E-state index contributed by atoms with van der Waals surface area (Å²) in [6.45, 7) is 2.72. The fourth-order valence-corrected chi connectivity index (χ4v) is 4.48. The number of carbonyl (C=O) groups excluding carboxylic acids is 2. The van der Waals surface area contributed by atoms with Gasteiger partial charge in [0.05, 0.1) is 18.8 Å². The van der Waals surface area contributed by atoms with Crippen molar-refractivity contribution in [1.82, 2.24) is 10.6 Å². The van der Waals surface area contributed by atoms with E-state index in [2.05, 4.69) is 17.6 Å². The van der Waals surface area contributed by atoms with E-state index < -0.39 is 5.97 Å². The zero-order chi connectivity index (χ0) is 21.1. The van der Waals surface area contributed by atoms with Crippen LogP contribution >= 0.6 is 0 Å². The molecule has 7 nitrogen and oxygen atoms in total. The van der Waals surface area contributed by atoms with Crippen molar-refractivity contribution in [3.63, 3.8) is 0 Å². The molecule has 2 amide bonds. The highest BCUT2D eigenvalue weighted by molar-refractivity contribution is 5.84. The first kappa shape index (κ1) is 23.4. The quantitative estimate of drug-likeness (QED) is 0.303. The van der Waals surface area contributed by atoms with E-state index in [-0.39, 0.29) is 30.6 Å². The number of carbonyl (C=O) groups is 3. The van der Waals surface area contributed by atoms with Gasteiger partial charge in [0.1, 0.15) is 0 Å². The predicted molar refractivity (Wildman–Crippen MR) is 110 cm³/mol. The summed E-state index contributed by atoms with van der Waals surface area (Å²) in [5.41, 5.74) is 0. The number of unbranched alkanes of at least 4 members (excludes halogenated alkanes) is 4. The van der Waals surface area contributed by atoms with Gasteiger partial charge in [-0.2, -0.15) is 0 Å². The number of amides is 2. The van der Waals surface area contributed by atoms with Gasteiger partial charge in [0.15, 0.2) is 0 Å². The van der Waals surface area contributed by atoms with Gasteiger partial charge in [0, 0.05) is 25.0 Å². The molecule has 2 aliphatic heterocycles. The van der Waals surface area contributed by atoms with Crippen molar-refractivity contribution < 1.29 is 24.2 Å². The third-order valence-corrected chi connectivity index (χ3v) is 6.00. The van der Waals surface area contributed by atoms with Crippen molar-refractivity contribution in [3.8, 4) is 0 Å². The van der Waals surface area contributed by atoms with Crippen LogP contribution in [-0.4, -0.2) is 48.2 Å². The molecule has 0 spiro atoms. The lowest BCUT2D eigenvalue weighted by atomic mass is 9.76. The molecule has 2 aliphatic rings. The average molecular weight is 409 g/mol. The monoisotopic (exact) mass is 408 g/mol. The molecule has 3 N–H and O–H groups in total. The Morgan fingerprint density at radius 2 is 1.76 bits per heavy atom. The van der Waals surface area contributed by atoms with E-state index >= 15 is 0 Å². The first-order valence-electron chi connectivity index (χ1n) is 11.1. The molecule has 4 atom stereocenters. The third-order valence-electron chi connectivity index (χ3n) is 6.00. The molecule has 2 bridgehead atoms. The van der Waals surface area contributed by atoms with Crippen LogP contribution < -0.4 is 10.6 Å². The Morgan fingerprint density at radius 3 is 2.48 bits per heavy atom. The molecular formula is C22H36N2O5. The molecule has 7 heteroatoms. The molecule has 0 saturated carbocycles. The van der Waals surface area contributed by atoms with Gasteiger partial charge in [-0.1, -0.05) is 32.3 Å². The van der Waals surface area contributed by atoms with Crippen molar-refractivity contribution in [2.24, 2.45) is 11.8 Å². The lowest BCUT2D eigenvalue weighted by molar-refractivity contribution is -0.131. The number of carboxylic acid groups (broad SMARTS) is 1. The number of nitrogens with one attached hydrogen (secondary N) is 2. The largest absolute Gasteiger partial charge is 0.478 e. The van der Waals surface area contributed by atoms with Gasteiger partial charge in [0.25, 0.3) is 0 Å². The minimum atomic E-state index is -0.903. The summed E-state index contributed by atoms with van der Waals surface area (Å²) in [6.07, 6.45) is 12.8. The molecule has 0 radical (unpaired) electrons. The molecule has 2 heterocycles. The number of hydrogen-bond donors (Lipinski definition) is 3. The molecule has 2 rings (SSSR count). The smallest absolute Gasteiger partial charge is 0.327 e. The van der Waals surface area contributed by atoms with E-state index in [1.165, 1.54) is 6.08 Å². The lowest BCUT2D eigenvalue weighted by Crippen LogP contribution is -2.42. The zero-order valence-electron chi connectivity index (χ0n) is 17.5. The van der Waals surface area contributed by atoms with Gasteiger partial charge in [-0.25, -0.2) is 4.79 Å². The molecule has 164 valence electrons. The summed E-state index contributed by atoms with van der Waals surface area (Å²) in [5.74, 6) is -0.339. The first-order chi connectivity index (χ1) is 14.0. The maximum atomic E-state index is 12.1. The van der Waals surface area contributed by atoms with Crippen LogP contribution in [0.5, 0.6) is 0 Å². The summed E-state index contributed by atoms with van der Waals surface area (Å²) in [5, 5.41) is 14.3. The highest BCUT2D eigenvalue weighted by Crippen LogP contribution is 2.45. The predicted octanol–water partition coefficient (Wildman–Crippen LogP) is 2.79. The standard InChI is InChI=1S/C22H36N2O5/c1-2-3-6-10-20(25)24-15-21(26)23-14-17-16(18-12-13-19(17)29-18)9-7-4-5-8-11-22(27)28/h8,11,16-19H,2-7,9-10,12-15H2,1H3,(H,23,26)(H,24,25)(H,27,28)/b11-8+/t16-,17+,18-,19+/m1/s1. The van der Waals surface area contributed by atoms with Crippen LogP contribution in [0, 0.1) is 11.8 Å². The maximum absolute atomic E-state index is 12.1. The summed E-state index contributed by atoms with van der Waals surface area (Å²) in [4.78, 5) is 34.3. The van der Waals surface area contributed by atoms with Crippen LogP contribution in [0.25, 0.3) is 0 Å². The molecule has 0 aromatic carbocycles. The second-order valence-electron chi connectivity index (χ2n) is 8.18. The fraction of sp³-hybridized carbons (Fsp3) is 0.773. The van der Waals surface area contributed by atoms with E-state index in [4.69, 9.17) is 9.84 Å². The third kappa shape index (κ3) is 8.17. The Balaban J connectivity index is 1.66. The normalized spacial score (nSPS) is 25.4. The second kappa shape index (κ2) is 12.6. The summed E-state index contributed by atoms with van der Waals surface area (Å²) in [7, 11) is 0. The molecule has 0 aliphatic carbocycles. The number of rotatable bonds is 14. The molecule has 2 fully saturated rings. The van der Waals surface area contributed by atoms with Gasteiger partial charge >= 0.3 is 5.97 Å². The van der Waals surface area contributed by atoms with Crippen molar-refractivity contribution in [2.75, 3.05) is 13.1 Å². The van der Waals surface area contributed by atoms with Crippen LogP contribution in [0.2, 0.25) is 0 Å². The molecule has 0 unspecified atom stereocenters. The first-order valence-corrected chi connectivity index (χ1v) is 11.1. The van der Waals surface area contributed by atoms with E-state index in [1.807, 2.05) is 0 Å². The lowest BCUT2D eigenvalue weighted by Gasteiger charge is -2.28. The van der Waals surface area contributed by atoms with Gasteiger partial charge in [-0.05, 0) is 44.4 Å². The number of allylic oxidation sites excluding steroid dienone is 1. The fourth-order valence-electron chi connectivity index (χ4n) is 4.48. The van der Waals surface area contributed by atoms with Crippen molar-refractivity contribution in [2.45, 2.75) is 83.3 Å². The summed E-state index contributed by atoms with van der Waals surface area (Å²) in [6, 6.07) is 0. The number of carboxylic acids is 1. The second-order valence-corrected chi connectivity index (χ2v) is 8.18. The Morgan fingerprint density at radius 1 is 1.00 bits per heavy atom. The van der Waals surface area contributed by atoms with Crippen LogP contribution in [0.15, 0.2) is 12.2 Å². The SMILES string of the molecule is CCCCCC(=O)NCC(=O)NC[C@H]1[C@@H](CCCC/C=C/C(=O)O)[C@H]2CC[C@@H]1O2. The van der Waals surface area contributed by atoms with Crippen LogP contribution in [0.1, 0.15) is 71.1 Å². The molecular weight excluding hydrogens is 372 g/mol. The Kier molecular flexibility index (Phi) is 10.2. The number of fused-ring (bicyclic) bond motifs is 2. The molecule has 0 aromatic rings. The van der Waals surface area contributed by atoms with E-state index in [1.54, 1.807) is 6.08 Å². The molecule has 29 heavy (non-hydrogen) atoms. The Hall–Kier alpha value is -1.89. The minimum absolute atomic E-state index is 0.0349. The Labute approximate surface area is 173 Å². The van der Waals surface area contributed by atoms with Gasteiger partial charge in [-0.15, -0.1) is 0 Å². The topological polar surface area (TPSA) is 105 Å². The van der Waals surface area contributed by atoms with Crippen LogP contribution in [0.4, 0.5) is 0 Å². The van der Waals surface area contributed by atoms with Gasteiger partial charge in [0.2, 0.25) is 11.8 Å². The van der Waals surface area contributed by atoms with E-state index in [0.717, 1.165) is 57.8 Å².